The summed E-state index contributed by atoms with van der Waals surface area (Å²) in [5, 5.41) is 2.57. The van der Waals surface area contributed by atoms with E-state index < -0.39 is 28.5 Å². The van der Waals surface area contributed by atoms with E-state index in [2.05, 4.69) is 5.32 Å². The van der Waals surface area contributed by atoms with Gasteiger partial charge >= 0.3 is 0 Å². The van der Waals surface area contributed by atoms with Crippen molar-refractivity contribution in [3.05, 3.63) is 59.7 Å². The van der Waals surface area contributed by atoms with Crippen molar-refractivity contribution in [2.24, 2.45) is 0 Å². The highest BCUT2D eigenvalue weighted by Crippen LogP contribution is 2.22. The molecule has 0 aromatic heterocycles. The van der Waals surface area contributed by atoms with Gasteiger partial charge in [0.2, 0.25) is 21.8 Å². The van der Waals surface area contributed by atoms with E-state index in [1.54, 1.807) is 43.3 Å². The second kappa shape index (κ2) is 11.6. The maximum atomic E-state index is 13.5. The Kier molecular flexibility index (Phi) is 9.19. The fourth-order valence-electron chi connectivity index (χ4n) is 3.55. The summed E-state index contributed by atoms with van der Waals surface area (Å²) >= 11 is 0. The molecule has 1 atom stereocenters. The molecular weight excluding hydrogens is 458 g/mol. The fraction of sp³-hybridized carbons (Fsp3) is 0.375. The van der Waals surface area contributed by atoms with Crippen molar-refractivity contribution in [3.8, 4) is 5.75 Å². The van der Waals surface area contributed by atoms with Crippen LogP contribution in [-0.2, 0) is 26.2 Å². The summed E-state index contributed by atoms with van der Waals surface area (Å²) < 4.78 is 31.4. The molecule has 0 aliphatic carbocycles. The van der Waals surface area contributed by atoms with Crippen LogP contribution in [0, 0.1) is 0 Å². The zero-order valence-electron chi connectivity index (χ0n) is 20.1. The van der Waals surface area contributed by atoms with Crippen LogP contribution < -0.4 is 14.4 Å². The van der Waals surface area contributed by atoms with Crippen LogP contribution in [0.15, 0.2) is 48.5 Å². The standard InChI is InChI=1S/C24H31N3O6S/c1-6-22(24(30)25-3)26(15-18-9-7-12-21(13-18)33-4)23(29)16-27(34(5,31)32)20-11-8-10-19(14-20)17(2)28/h7-14,22H,6,15-16H2,1-5H3,(H,25,30). The molecule has 1 unspecified atom stereocenters. The Morgan fingerprint density at radius 1 is 1.09 bits per heavy atom. The quantitative estimate of drug-likeness (QED) is 0.484. The van der Waals surface area contributed by atoms with Crippen LogP contribution in [0.5, 0.6) is 5.75 Å². The van der Waals surface area contributed by atoms with Gasteiger partial charge in [-0.05, 0) is 43.2 Å². The molecule has 0 spiro atoms. The van der Waals surface area contributed by atoms with Gasteiger partial charge in [0.05, 0.1) is 19.1 Å². The number of nitrogens with zero attached hydrogens (tertiary/aromatic N) is 2. The van der Waals surface area contributed by atoms with Gasteiger partial charge in [-0.25, -0.2) is 8.42 Å². The minimum Gasteiger partial charge on any atom is -0.497 e. The number of carbonyl (C=O) groups excluding carboxylic acids is 3. The maximum Gasteiger partial charge on any atom is 0.244 e. The number of methoxy groups -OCH3 is 1. The highest BCUT2D eigenvalue weighted by atomic mass is 32.2. The number of ether oxygens (including phenoxy) is 1. The highest BCUT2D eigenvalue weighted by molar-refractivity contribution is 7.92. The lowest BCUT2D eigenvalue weighted by molar-refractivity contribution is -0.140. The van der Waals surface area contributed by atoms with Crippen molar-refractivity contribution < 1.29 is 27.5 Å². The van der Waals surface area contributed by atoms with Crippen LogP contribution in [0.2, 0.25) is 0 Å². The number of Topliss-reactive ketones (excluding diaryl/α,β-unsaturated/α-hetero) is 1. The topological polar surface area (TPSA) is 113 Å². The average Bonchev–Trinajstić information content (AvgIpc) is 2.81. The van der Waals surface area contributed by atoms with Gasteiger partial charge in [0.25, 0.3) is 0 Å². The Hall–Kier alpha value is -3.40. The number of rotatable bonds is 11. The zero-order chi connectivity index (χ0) is 25.5. The monoisotopic (exact) mass is 489 g/mol. The number of hydrogen-bond donors (Lipinski definition) is 1. The minimum atomic E-state index is -3.88. The summed E-state index contributed by atoms with van der Waals surface area (Å²) in [6, 6.07) is 12.3. The van der Waals surface area contributed by atoms with E-state index in [9.17, 15) is 22.8 Å². The first-order chi connectivity index (χ1) is 16.0. The van der Waals surface area contributed by atoms with E-state index in [4.69, 9.17) is 4.74 Å². The summed E-state index contributed by atoms with van der Waals surface area (Å²) in [6.07, 6.45) is 1.32. The van der Waals surface area contributed by atoms with Crippen LogP contribution >= 0.6 is 0 Å². The van der Waals surface area contributed by atoms with Crippen molar-refractivity contribution >= 4 is 33.3 Å². The molecule has 2 aromatic carbocycles. The Morgan fingerprint density at radius 3 is 2.32 bits per heavy atom. The minimum absolute atomic E-state index is 0.0764. The number of hydrogen-bond acceptors (Lipinski definition) is 6. The number of nitrogens with one attached hydrogen (secondary N) is 1. The maximum absolute atomic E-state index is 13.5. The van der Waals surface area contributed by atoms with Crippen molar-refractivity contribution in [3.63, 3.8) is 0 Å². The van der Waals surface area contributed by atoms with Crippen LogP contribution in [0.1, 0.15) is 36.2 Å². The van der Waals surface area contributed by atoms with Gasteiger partial charge in [-0.1, -0.05) is 31.2 Å². The molecular formula is C24H31N3O6S. The summed E-state index contributed by atoms with van der Waals surface area (Å²) in [4.78, 5) is 39.2. The molecule has 0 saturated heterocycles. The van der Waals surface area contributed by atoms with Gasteiger partial charge < -0.3 is 15.0 Å². The number of anilines is 1. The predicted molar refractivity (Wildman–Crippen MR) is 130 cm³/mol. The molecule has 34 heavy (non-hydrogen) atoms. The number of likely N-dealkylation sites (N-methyl/N-ethyl adjacent to an activating group) is 1. The van der Waals surface area contributed by atoms with Gasteiger partial charge in [-0.15, -0.1) is 0 Å². The zero-order valence-corrected chi connectivity index (χ0v) is 20.9. The molecule has 1 N–H and O–H groups in total. The van der Waals surface area contributed by atoms with Crippen LogP contribution in [-0.4, -0.2) is 63.9 Å². The molecule has 0 saturated carbocycles. The van der Waals surface area contributed by atoms with E-state index in [0.29, 0.717) is 17.7 Å². The molecule has 10 heteroatoms. The van der Waals surface area contributed by atoms with E-state index >= 15 is 0 Å². The molecule has 9 nitrogen and oxygen atoms in total. The molecule has 2 rings (SSSR count). The fourth-order valence-corrected chi connectivity index (χ4v) is 4.39. The van der Waals surface area contributed by atoms with E-state index in [0.717, 1.165) is 16.1 Å². The average molecular weight is 490 g/mol. The van der Waals surface area contributed by atoms with Gasteiger partial charge in [0.15, 0.2) is 5.78 Å². The number of carbonyl (C=O) groups is 3. The summed E-state index contributed by atoms with van der Waals surface area (Å²) in [5.74, 6) is -0.552. The highest BCUT2D eigenvalue weighted by Gasteiger charge is 2.31. The van der Waals surface area contributed by atoms with Crippen LogP contribution in [0.25, 0.3) is 0 Å². The molecule has 0 fully saturated rings. The summed E-state index contributed by atoms with van der Waals surface area (Å²) in [6.45, 7) is 2.70. The first-order valence-electron chi connectivity index (χ1n) is 10.7. The molecule has 184 valence electrons. The van der Waals surface area contributed by atoms with E-state index in [1.165, 1.54) is 38.1 Å². The van der Waals surface area contributed by atoms with E-state index in [-0.39, 0.29) is 23.9 Å². The Morgan fingerprint density at radius 2 is 1.76 bits per heavy atom. The van der Waals surface area contributed by atoms with Gasteiger partial charge in [0, 0.05) is 19.2 Å². The lowest BCUT2D eigenvalue weighted by Gasteiger charge is -2.32. The van der Waals surface area contributed by atoms with Gasteiger partial charge in [0.1, 0.15) is 18.3 Å². The Labute approximate surface area is 200 Å². The third-order valence-electron chi connectivity index (χ3n) is 5.34. The SMILES string of the molecule is CCC(C(=O)NC)N(Cc1cccc(OC)c1)C(=O)CN(c1cccc(C(C)=O)c1)S(C)(=O)=O. The van der Waals surface area contributed by atoms with Crippen molar-refractivity contribution in [2.45, 2.75) is 32.9 Å². The first-order valence-corrected chi connectivity index (χ1v) is 12.6. The number of amides is 2. The lowest BCUT2D eigenvalue weighted by atomic mass is 10.1. The molecule has 0 aliphatic heterocycles. The van der Waals surface area contributed by atoms with Gasteiger partial charge in [-0.2, -0.15) is 0 Å². The first kappa shape index (κ1) is 26.8. The number of ketones is 1. The van der Waals surface area contributed by atoms with Gasteiger partial charge in [-0.3, -0.25) is 18.7 Å². The van der Waals surface area contributed by atoms with Crippen molar-refractivity contribution in [1.82, 2.24) is 10.2 Å². The molecule has 0 aliphatic rings. The predicted octanol–water partition coefficient (Wildman–Crippen LogP) is 2.22. The largest absolute Gasteiger partial charge is 0.497 e. The molecule has 2 aromatic rings. The molecule has 2 amide bonds. The number of sulfonamides is 1. The summed E-state index contributed by atoms with van der Waals surface area (Å²) in [7, 11) is -0.867. The second-order valence-electron chi connectivity index (χ2n) is 7.79. The normalized spacial score (nSPS) is 11.9. The number of benzene rings is 2. The third kappa shape index (κ3) is 6.80. The van der Waals surface area contributed by atoms with Crippen LogP contribution in [0.4, 0.5) is 5.69 Å². The smallest absolute Gasteiger partial charge is 0.244 e. The van der Waals surface area contributed by atoms with Crippen molar-refractivity contribution in [1.29, 1.82) is 0 Å². The molecule has 0 radical (unpaired) electrons. The lowest BCUT2D eigenvalue weighted by Crippen LogP contribution is -2.51. The Balaban J connectivity index is 2.47. The summed E-state index contributed by atoms with van der Waals surface area (Å²) in [5.41, 5.74) is 1.24. The second-order valence-corrected chi connectivity index (χ2v) is 9.69. The van der Waals surface area contributed by atoms with Crippen LogP contribution in [0.3, 0.4) is 0 Å². The third-order valence-corrected chi connectivity index (χ3v) is 6.48. The van der Waals surface area contributed by atoms with Crippen molar-refractivity contribution in [2.75, 3.05) is 31.3 Å². The van der Waals surface area contributed by atoms with E-state index in [1.807, 2.05) is 0 Å². The Bertz CT molecular complexity index is 1150. The molecule has 0 bridgehead atoms. The molecule has 0 heterocycles.